The minimum absolute atomic E-state index is 0.0898. The summed E-state index contributed by atoms with van der Waals surface area (Å²) < 4.78 is 7.53. The van der Waals surface area contributed by atoms with Crippen LogP contribution >= 0.6 is 0 Å². The molecule has 4 aromatic rings. The molecule has 10 heteroatoms. The Morgan fingerprint density at radius 1 is 1.22 bits per heavy atom. The fourth-order valence-corrected chi connectivity index (χ4v) is 4.46. The van der Waals surface area contributed by atoms with Crippen molar-refractivity contribution in [3.05, 3.63) is 60.2 Å². The van der Waals surface area contributed by atoms with Crippen molar-refractivity contribution in [1.82, 2.24) is 29.2 Å². The Labute approximate surface area is 207 Å². The zero-order valence-corrected chi connectivity index (χ0v) is 19.8. The van der Waals surface area contributed by atoms with Crippen molar-refractivity contribution in [3.8, 4) is 35.0 Å². The maximum absolute atomic E-state index is 11.2. The number of hydrogen-bond acceptors (Lipinski definition) is 8. The number of nitrogen functional groups attached to an aromatic ring is 1. The lowest BCUT2D eigenvalue weighted by Crippen LogP contribution is -2.34. The number of aromatic nitrogens is 5. The lowest BCUT2D eigenvalue weighted by Gasteiger charge is -2.30. The van der Waals surface area contributed by atoms with Gasteiger partial charge in [0.1, 0.15) is 11.4 Å². The summed E-state index contributed by atoms with van der Waals surface area (Å²) in [5.41, 5.74) is 8.87. The van der Waals surface area contributed by atoms with Crippen molar-refractivity contribution in [2.75, 3.05) is 25.4 Å². The second kappa shape index (κ2) is 10.0. The molecule has 0 spiro atoms. The minimum atomic E-state index is -1.05. The largest absolute Gasteiger partial charge is 0.478 e. The van der Waals surface area contributed by atoms with E-state index in [0.717, 1.165) is 43.7 Å². The molecule has 0 aromatic carbocycles. The average Bonchev–Trinajstić information content (AvgIpc) is 3.29. The predicted octanol–water partition coefficient (Wildman–Crippen LogP) is 3.46. The first-order chi connectivity index (χ1) is 17.5. The van der Waals surface area contributed by atoms with E-state index in [2.05, 4.69) is 31.7 Å². The third-order valence-corrected chi connectivity index (χ3v) is 6.15. The Morgan fingerprint density at radius 2 is 2.08 bits per heavy atom. The molecule has 1 saturated heterocycles. The molecule has 0 radical (unpaired) electrons. The van der Waals surface area contributed by atoms with Gasteiger partial charge >= 0.3 is 5.97 Å². The van der Waals surface area contributed by atoms with Gasteiger partial charge < -0.3 is 15.6 Å². The van der Waals surface area contributed by atoms with E-state index in [9.17, 15) is 4.79 Å². The van der Waals surface area contributed by atoms with Crippen LogP contribution in [0.5, 0.6) is 11.6 Å². The monoisotopic (exact) mass is 483 g/mol. The van der Waals surface area contributed by atoms with Crippen molar-refractivity contribution in [2.24, 2.45) is 0 Å². The van der Waals surface area contributed by atoms with Crippen LogP contribution in [0.1, 0.15) is 41.7 Å². The van der Waals surface area contributed by atoms with Gasteiger partial charge in [-0.05, 0) is 50.6 Å². The number of pyridine rings is 2. The number of anilines is 1. The predicted molar refractivity (Wildman–Crippen MR) is 134 cm³/mol. The highest BCUT2D eigenvalue weighted by atomic mass is 16.5. The van der Waals surface area contributed by atoms with Gasteiger partial charge in [0.2, 0.25) is 11.8 Å². The molecule has 5 rings (SSSR count). The van der Waals surface area contributed by atoms with Crippen LogP contribution in [0, 0.1) is 11.8 Å². The van der Waals surface area contributed by atoms with Crippen LogP contribution in [0.15, 0.2) is 48.9 Å². The van der Waals surface area contributed by atoms with Crippen molar-refractivity contribution in [2.45, 2.75) is 25.7 Å². The molecular formula is C26H25N7O3. The third kappa shape index (κ3) is 4.69. The number of likely N-dealkylation sites (tertiary alicyclic amines) is 1. The first-order valence-electron chi connectivity index (χ1n) is 11.6. The smallest absolute Gasteiger partial charge is 0.335 e. The molecule has 4 aromatic heterocycles. The van der Waals surface area contributed by atoms with Gasteiger partial charge in [0.25, 0.3) is 0 Å². The van der Waals surface area contributed by atoms with E-state index in [4.69, 9.17) is 20.6 Å². The zero-order chi connectivity index (χ0) is 25.1. The molecule has 0 bridgehead atoms. The van der Waals surface area contributed by atoms with Gasteiger partial charge in [0.05, 0.1) is 29.5 Å². The number of carbonyl (C=O) groups is 1. The highest BCUT2D eigenvalue weighted by Crippen LogP contribution is 2.33. The number of aromatic carboxylic acids is 1. The standard InChI is InChI=1S/C26H25N7O3/c1-2-3-12-32-13-4-5-18(16-32)23-21-9-11-29-26(27)33(21)24(31-23)20-7-6-19(15-30-20)36-22-14-17(25(34)35)8-10-28-22/h6-11,14-15,18H,4-5,12-13,16H2,1H3,(H2,27,29)(H,34,35). The zero-order valence-electron chi connectivity index (χ0n) is 19.8. The van der Waals surface area contributed by atoms with Crippen LogP contribution in [0.3, 0.4) is 0 Å². The second-order valence-corrected chi connectivity index (χ2v) is 8.51. The summed E-state index contributed by atoms with van der Waals surface area (Å²) in [6.07, 6.45) is 6.74. The summed E-state index contributed by atoms with van der Waals surface area (Å²) in [6, 6.07) is 8.21. The number of imidazole rings is 1. The maximum atomic E-state index is 11.2. The van der Waals surface area contributed by atoms with Gasteiger partial charge in [-0.1, -0.05) is 5.92 Å². The summed E-state index contributed by atoms with van der Waals surface area (Å²) in [4.78, 5) is 31.4. The molecule has 1 atom stereocenters. The Balaban J connectivity index is 1.45. The topological polar surface area (TPSA) is 132 Å². The molecule has 182 valence electrons. The van der Waals surface area contributed by atoms with E-state index in [1.54, 1.807) is 24.5 Å². The summed E-state index contributed by atoms with van der Waals surface area (Å²) in [5.74, 6) is 6.86. The number of rotatable bonds is 6. The summed E-state index contributed by atoms with van der Waals surface area (Å²) >= 11 is 0. The molecule has 0 amide bonds. The molecular weight excluding hydrogens is 458 g/mol. The van der Waals surface area contributed by atoms with Crippen LogP contribution < -0.4 is 10.5 Å². The van der Waals surface area contributed by atoms with Gasteiger partial charge in [-0.3, -0.25) is 9.30 Å². The molecule has 1 aliphatic rings. The minimum Gasteiger partial charge on any atom is -0.478 e. The number of nitrogens with zero attached hydrogens (tertiary/aromatic N) is 6. The van der Waals surface area contributed by atoms with Crippen LogP contribution in [0.25, 0.3) is 17.0 Å². The molecule has 3 N–H and O–H groups in total. The first-order valence-corrected chi connectivity index (χ1v) is 11.6. The van der Waals surface area contributed by atoms with Crippen molar-refractivity contribution in [1.29, 1.82) is 0 Å². The molecule has 36 heavy (non-hydrogen) atoms. The second-order valence-electron chi connectivity index (χ2n) is 8.51. The highest BCUT2D eigenvalue weighted by molar-refractivity contribution is 5.87. The van der Waals surface area contributed by atoms with E-state index in [-0.39, 0.29) is 17.4 Å². The van der Waals surface area contributed by atoms with Gasteiger partial charge in [0, 0.05) is 30.9 Å². The van der Waals surface area contributed by atoms with Crippen molar-refractivity contribution in [3.63, 3.8) is 0 Å². The van der Waals surface area contributed by atoms with E-state index in [1.165, 1.54) is 18.3 Å². The molecule has 0 saturated carbocycles. The maximum Gasteiger partial charge on any atom is 0.335 e. The molecule has 1 fully saturated rings. The van der Waals surface area contributed by atoms with E-state index < -0.39 is 5.97 Å². The third-order valence-electron chi connectivity index (χ3n) is 6.15. The Hall–Kier alpha value is -4.49. The number of ether oxygens (including phenoxy) is 1. The number of fused-ring (bicyclic) bond motifs is 1. The fraction of sp³-hybridized carbons (Fsp3) is 0.269. The quantitative estimate of drug-likeness (QED) is 0.396. The van der Waals surface area contributed by atoms with E-state index in [0.29, 0.717) is 23.2 Å². The molecule has 1 aliphatic heterocycles. The lowest BCUT2D eigenvalue weighted by atomic mass is 9.94. The average molecular weight is 484 g/mol. The Bertz CT molecular complexity index is 1470. The van der Waals surface area contributed by atoms with Crippen LogP contribution in [-0.4, -0.2) is 59.9 Å². The lowest BCUT2D eigenvalue weighted by molar-refractivity contribution is 0.0696. The molecule has 0 aliphatic carbocycles. The van der Waals surface area contributed by atoms with Crippen LogP contribution in [-0.2, 0) is 0 Å². The normalized spacial score (nSPS) is 15.9. The van der Waals surface area contributed by atoms with E-state index in [1.807, 2.05) is 17.4 Å². The number of piperidine rings is 1. The number of hydrogen-bond donors (Lipinski definition) is 2. The van der Waals surface area contributed by atoms with Crippen LogP contribution in [0.4, 0.5) is 5.95 Å². The van der Waals surface area contributed by atoms with Gasteiger partial charge in [-0.2, -0.15) is 0 Å². The molecule has 1 unspecified atom stereocenters. The van der Waals surface area contributed by atoms with Crippen LogP contribution in [0.2, 0.25) is 0 Å². The fourth-order valence-electron chi connectivity index (χ4n) is 4.46. The molecule has 5 heterocycles. The molecule has 10 nitrogen and oxygen atoms in total. The van der Waals surface area contributed by atoms with Gasteiger partial charge in [0.15, 0.2) is 5.82 Å². The summed E-state index contributed by atoms with van der Waals surface area (Å²) in [7, 11) is 0. The number of carboxylic acid groups (broad SMARTS) is 1. The van der Waals surface area contributed by atoms with Gasteiger partial charge in [-0.15, -0.1) is 5.92 Å². The first kappa shape index (κ1) is 23.3. The Kier molecular flexibility index (Phi) is 6.47. The van der Waals surface area contributed by atoms with Crippen molar-refractivity contribution >= 4 is 17.4 Å². The SMILES string of the molecule is CC#CCN1CCCC(c2nc(-c3ccc(Oc4cc(C(=O)O)ccn4)cn3)n3c(N)nccc23)C1. The van der Waals surface area contributed by atoms with E-state index >= 15 is 0 Å². The highest BCUT2D eigenvalue weighted by Gasteiger charge is 2.27. The number of carboxylic acids is 1. The summed E-state index contributed by atoms with van der Waals surface area (Å²) in [5, 5.41) is 9.17. The van der Waals surface area contributed by atoms with Crippen molar-refractivity contribution < 1.29 is 14.6 Å². The Morgan fingerprint density at radius 3 is 2.86 bits per heavy atom. The number of nitrogens with two attached hydrogens (primary N) is 1. The summed E-state index contributed by atoms with van der Waals surface area (Å²) in [6.45, 7) is 4.52. The van der Waals surface area contributed by atoms with Gasteiger partial charge in [-0.25, -0.2) is 24.7 Å².